The Balaban J connectivity index is 1.63. The summed E-state index contributed by atoms with van der Waals surface area (Å²) in [7, 11) is 0. The lowest BCUT2D eigenvalue weighted by Gasteiger charge is -2.15. The Morgan fingerprint density at radius 3 is 2.72 bits per heavy atom. The molecule has 0 radical (unpaired) electrons. The molecule has 0 bridgehead atoms. The molecule has 3 aromatic heterocycles. The van der Waals surface area contributed by atoms with Crippen LogP contribution in [0.5, 0.6) is 5.75 Å². The Kier molecular flexibility index (Phi) is 4.90. The molecule has 0 atom stereocenters. The quantitative estimate of drug-likeness (QED) is 0.458. The summed E-state index contributed by atoms with van der Waals surface area (Å²) < 4.78 is 22.3. The smallest absolute Gasteiger partial charge is 0.126 e. The van der Waals surface area contributed by atoms with Gasteiger partial charge < -0.3 is 9.14 Å². The van der Waals surface area contributed by atoms with Gasteiger partial charge in [0.05, 0.1) is 29.7 Å². The summed E-state index contributed by atoms with van der Waals surface area (Å²) in [6.45, 7) is 6.49. The van der Waals surface area contributed by atoms with Crippen LogP contribution in [0.2, 0.25) is 0 Å². The first kappa shape index (κ1) is 20.2. The molecule has 1 aliphatic heterocycles. The molecule has 0 N–H and O–H groups in total. The van der Waals surface area contributed by atoms with Gasteiger partial charge in [-0.1, -0.05) is 6.07 Å². The van der Waals surface area contributed by atoms with Crippen LogP contribution in [0.25, 0.3) is 16.6 Å². The van der Waals surface area contributed by atoms with Crippen molar-refractivity contribution in [2.24, 2.45) is 0 Å². The standard InChI is InChI=1S/C26H23FN4O/c1-15-4-5-19(16(2)30-15)22-12-18(13-28)24(31-14-29-17(3)26(22)31)8-6-20-21-10-11-32-25(21)9-7-23(20)27/h4-5,7,9,12,14H,6,8,10-11H2,1-3H3. The van der Waals surface area contributed by atoms with Gasteiger partial charge in [-0.25, -0.2) is 9.37 Å². The largest absolute Gasteiger partial charge is 0.493 e. The molecule has 4 heterocycles. The van der Waals surface area contributed by atoms with Gasteiger partial charge >= 0.3 is 0 Å². The van der Waals surface area contributed by atoms with E-state index in [9.17, 15) is 9.65 Å². The number of fused-ring (bicyclic) bond motifs is 2. The van der Waals surface area contributed by atoms with E-state index in [1.54, 1.807) is 12.4 Å². The van der Waals surface area contributed by atoms with Crippen LogP contribution in [0.4, 0.5) is 4.39 Å². The molecule has 0 unspecified atom stereocenters. The predicted octanol–water partition coefficient (Wildman–Crippen LogP) is 5.05. The minimum Gasteiger partial charge on any atom is -0.493 e. The van der Waals surface area contributed by atoms with Gasteiger partial charge in [0.1, 0.15) is 17.6 Å². The first-order valence-corrected chi connectivity index (χ1v) is 10.7. The van der Waals surface area contributed by atoms with Gasteiger partial charge in [-0.05, 0) is 63.4 Å². The van der Waals surface area contributed by atoms with Crippen LogP contribution in [-0.2, 0) is 19.3 Å². The number of benzene rings is 1. The zero-order valence-corrected chi connectivity index (χ0v) is 18.4. The Morgan fingerprint density at radius 1 is 1.09 bits per heavy atom. The van der Waals surface area contributed by atoms with E-state index in [-0.39, 0.29) is 5.82 Å². The second kappa shape index (κ2) is 7.76. The molecule has 0 saturated carbocycles. The number of ether oxygens (including phenoxy) is 1. The van der Waals surface area contributed by atoms with Crippen LogP contribution >= 0.6 is 0 Å². The van der Waals surface area contributed by atoms with Gasteiger partial charge in [0.15, 0.2) is 0 Å². The molecule has 5 rings (SSSR count). The second-order valence-electron chi connectivity index (χ2n) is 8.27. The lowest BCUT2D eigenvalue weighted by molar-refractivity contribution is 0.356. The number of pyridine rings is 2. The number of nitrogens with zero attached hydrogens (tertiary/aromatic N) is 4. The van der Waals surface area contributed by atoms with Crippen molar-refractivity contribution in [3.05, 3.63) is 81.9 Å². The first-order valence-electron chi connectivity index (χ1n) is 10.7. The fourth-order valence-electron chi connectivity index (χ4n) is 4.75. The van der Waals surface area contributed by atoms with Crippen LogP contribution in [0.1, 0.15) is 39.5 Å². The summed E-state index contributed by atoms with van der Waals surface area (Å²) in [6, 6.07) is 11.5. The highest BCUT2D eigenvalue weighted by molar-refractivity contribution is 5.84. The number of hydrogen-bond acceptors (Lipinski definition) is 4. The van der Waals surface area contributed by atoms with Crippen LogP contribution in [0, 0.1) is 37.9 Å². The zero-order chi connectivity index (χ0) is 22.4. The molecule has 0 spiro atoms. The molecule has 160 valence electrons. The fraction of sp³-hybridized carbons (Fsp3) is 0.269. The Bertz CT molecular complexity index is 1410. The van der Waals surface area contributed by atoms with E-state index in [1.165, 1.54) is 6.07 Å². The number of aromatic nitrogens is 3. The van der Waals surface area contributed by atoms with E-state index < -0.39 is 0 Å². The summed E-state index contributed by atoms with van der Waals surface area (Å²) in [5.74, 6) is 0.548. The van der Waals surface area contributed by atoms with E-state index in [4.69, 9.17) is 4.74 Å². The van der Waals surface area contributed by atoms with Crippen LogP contribution in [0.15, 0.2) is 36.7 Å². The highest BCUT2D eigenvalue weighted by Crippen LogP contribution is 2.34. The molecule has 1 aromatic carbocycles. The SMILES string of the molecule is Cc1ccc(-c2cc(C#N)c(CCc3c(F)ccc4c3CCO4)n3cnc(C)c23)c(C)n1. The third-order valence-electron chi connectivity index (χ3n) is 6.28. The first-order chi connectivity index (χ1) is 15.5. The maximum Gasteiger partial charge on any atom is 0.126 e. The normalized spacial score (nSPS) is 12.6. The van der Waals surface area contributed by atoms with E-state index in [0.29, 0.717) is 37.0 Å². The lowest BCUT2D eigenvalue weighted by Crippen LogP contribution is -2.07. The maximum absolute atomic E-state index is 14.7. The summed E-state index contributed by atoms with van der Waals surface area (Å²) in [6.07, 6.45) is 3.49. The Labute approximate surface area is 186 Å². The second-order valence-corrected chi connectivity index (χ2v) is 8.27. The van der Waals surface area contributed by atoms with Crippen molar-refractivity contribution in [3.63, 3.8) is 0 Å². The average molecular weight is 426 g/mol. The van der Waals surface area contributed by atoms with Gasteiger partial charge in [0.25, 0.3) is 0 Å². The van der Waals surface area contributed by atoms with Crippen molar-refractivity contribution >= 4 is 5.52 Å². The Hall–Kier alpha value is -3.72. The lowest BCUT2D eigenvalue weighted by atomic mass is 9.95. The van der Waals surface area contributed by atoms with E-state index in [2.05, 4.69) is 16.0 Å². The minimum atomic E-state index is -0.219. The molecule has 1 aliphatic rings. The zero-order valence-electron chi connectivity index (χ0n) is 18.4. The van der Waals surface area contributed by atoms with Crippen molar-refractivity contribution in [1.29, 1.82) is 5.26 Å². The molecule has 0 fully saturated rings. The molecular weight excluding hydrogens is 403 g/mol. The molecule has 0 amide bonds. The fourth-order valence-corrected chi connectivity index (χ4v) is 4.75. The maximum atomic E-state index is 14.7. The van der Waals surface area contributed by atoms with Gasteiger partial charge in [0, 0.05) is 40.2 Å². The van der Waals surface area contributed by atoms with Crippen molar-refractivity contribution in [3.8, 4) is 22.9 Å². The summed E-state index contributed by atoms with van der Waals surface area (Å²) >= 11 is 0. The number of halogens is 1. The monoisotopic (exact) mass is 426 g/mol. The van der Waals surface area contributed by atoms with Gasteiger partial charge in [0.2, 0.25) is 0 Å². The van der Waals surface area contributed by atoms with Gasteiger partial charge in [-0.2, -0.15) is 5.26 Å². The number of aryl methyl sites for hydroxylation is 4. The van der Waals surface area contributed by atoms with E-state index >= 15 is 0 Å². The number of imidazole rings is 1. The highest BCUT2D eigenvalue weighted by atomic mass is 19.1. The van der Waals surface area contributed by atoms with Crippen LogP contribution in [0.3, 0.4) is 0 Å². The summed E-state index contributed by atoms with van der Waals surface area (Å²) in [4.78, 5) is 9.14. The third kappa shape index (κ3) is 3.21. The van der Waals surface area contributed by atoms with Crippen LogP contribution in [-0.4, -0.2) is 21.0 Å². The Morgan fingerprint density at radius 2 is 1.94 bits per heavy atom. The average Bonchev–Trinajstić information content (AvgIpc) is 3.40. The summed E-state index contributed by atoms with van der Waals surface area (Å²) in [5.41, 5.74) is 8.63. The van der Waals surface area contributed by atoms with Crippen LogP contribution < -0.4 is 4.74 Å². The third-order valence-corrected chi connectivity index (χ3v) is 6.28. The topological polar surface area (TPSA) is 63.2 Å². The molecule has 0 aliphatic carbocycles. The number of nitriles is 1. The molecule has 4 aromatic rings. The minimum absolute atomic E-state index is 0.219. The molecule has 32 heavy (non-hydrogen) atoms. The molecule has 0 saturated heterocycles. The number of rotatable bonds is 4. The van der Waals surface area contributed by atoms with E-state index in [0.717, 1.165) is 50.7 Å². The van der Waals surface area contributed by atoms with Gasteiger partial charge in [-0.15, -0.1) is 0 Å². The molecule has 6 heteroatoms. The number of hydrogen-bond donors (Lipinski definition) is 0. The van der Waals surface area contributed by atoms with E-state index in [1.807, 2.05) is 43.4 Å². The van der Waals surface area contributed by atoms with Crippen molar-refractivity contribution in [1.82, 2.24) is 14.4 Å². The highest BCUT2D eigenvalue weighted by Gasteiger charge is 2.22. The summed E-state index contributed by atoms with van der Waals surface area (Å²) in [5, 5.41) is 9.98. The van der Waals surface area contributed by atoms with Crippen molar-refractivity contribution in [2.45, 2.75) is 40.0 Å². The predicted molar refractivity (Wildman–Crippen MR) is 120 cm³/mol. The van der Waals surface area contributed by atoms with Crippen molar-refractivity contribution < 1.29 is 9.13 Å². The molecular formula is C26H23FN4O. The molecule has 5 nitrogen and oxygen atoms in total. The van der Waals surface area contributed by atoms with Crippen molar-refractivity contribution in [2.75, 3.05) is 6.61 Å². The van der Waals surface area contributed by atoms with Gasteiger partial charge in [-0.3, -0.25) is 4.98 Å².